The topological polar surface area (TPSA) is 96.0 Å². The Morgan fingerprint density at radius 2 is 1.87 bits per heavy atom. The standard InChI is InChI=1S/C15H20ClN3O2S.ClH/c16-14-9-13(6-5-12(14)10-17)22(20,21)19-11-15(18)7-3-1-2-4-8-15;/h5-6,9,19H,1-4,7-8,11,18H2;1H. The molecule has 3 N–H and O–H groups in total. The third-order valence-corrected chi connectivity index (χ3v) is 5.80. The molecule has 2 rings (SSSR count). The maximum absolute atomic E-state index is 12.3. The lowest BCUT2D eigenvalue weighted by atomic mass is 9.92. The van der Waals surface area contributed by atoms with Gasteiger partial charge in [-0.15, -0.1) is 12.4 Å². The Balaban J connectivity index is 0.00000264. The highest BCUT2D eigenvalue weighted by Crippen LogP contribution is 2.25. The lowest BCUT2D eigenvalue weighted by molar-refractivity contribution is 0.369. The summed E-state index contributed by atoms with van der Waals surface area (Å²) in [5.74, 6) is 0. The highest BCUT2D eigenvalue weighted by atomic mass is 35.5. The minimum absolute atomic E-state index is 0. The summed E-state index contributed by atoms with van der Waals surface area (Å²) < 4.78 is 27.3. The average Bonchev–Trinajstić information content (AvgIpc) is 2.71. The fourth-order valence-corrected chi connectivity index (χ4v) is 4.14. The van der Waals surface area contributed by atoms with Crippen LogP contribution in [0.3, 0.4) is 0 Å². The van der Waals surface area contributed by atoms with Crippen molar-refractivity contribution in [2.45, 2.75) is 49.0 Å². The maximum atomic E-state index is 12.3. The molecule has 1 aromatic rings. The van der Waals surface area contributed by atoms with Crippen LogP contribution in [0.1, 0.15) is 44.1 Å². The Hall–Kier alpha value is -0.840. The molecule has 0 heterocycles. The van der Waals surface area contributed by atoms with Gasteiger partial charge >= 0.3 is 0 Å². The molecule has 23 heavy (non-hydrogen) atoms. The van der Waals surface area contributed by atoms with Crippen LogP contribution in [0.4, 0.5) is 0 Å². The van der Waals surface area contributed by atoms with Crippen molar-refractivity contribution in [3.05, 3.63) is 28.8 Å². The number of hydrogen-bond donors (Lipinski definition) is 2. The Labute approximate surface area is 148 Å². The van der Waals surface area contributed by atoms with Crippen LogP contribution in [0.25, 0.3) is 0 Å². The molecule has 0 radical (unpaired) electrons. The first-order chi connectivity index (χ1) is 10.4. The monoisotopic (exact) mass is 377 g/mol. The summed E-state index contributed by atoms with van der Waals surface area (Å²) in [5.41, 5.74) is 6.09. The number of rotatable bonds is 4. The Morgan fingerprint density at radius 1 is 1.26 bits per heavy atom. The summed E-state index contributed by atoms with van der Waals surface area (Å²) in [4.78, 5) is 0.0497. The Morgan fingerprint density at radius 3 is 2.39 bits per heavy atom. The molecule has 0 spiro atoms. The Kier molecular flexibility index (Phi) is 7.30. The number of nitrogens with one attached hydrogen (secondary N) is 1. The minimum Gasteiger partial charge on any atom is -0.324 e. The lowest BCUT2D eigenvalue weighted by Gasteiger charge is -2.28. The van der Waals surface area contributed by atoms with Gasteiger partial charge in [-0.3, -0.25) is 0 Å². The van der Waals surface area contributed by atoms with Gasteiger partial charge in [-0.25, -0.2) is 13.1 Å². The summed E-state index contributed by atoms with van der Waals surface area (Å²) in [7, 11) is -3.68. The molecule has 1 aliphatic carbocycles. The van der Waals surface area contributed by atoms with Crippen LogP contribution in [0, 0.1) is 11.3 Å². The van der Waals surface area contributed by atoms with E-state index in [1.807, 2.05) is 6.07 Å². The van der Waals surface area contributed by atoms with E-state index in [4.69, 9.17) is 22.6 Å². The number of nitriles is 1. The van der Waals surface area contributed by atoms with E-state index in [2.05, 4.69) is 4.72 Å². The van der Waals surface area contributed by atoms with Crippen molar-refractivity contribution in [3.63, 3.8) is 0 Å². The molecule has 1 saturated carbocycles. The second-order valence-corrected chi connectivity index (χ2v) is 8.03. The fraction of sp³-hybridized carbons (Fsp3) is 0.533. The molecule has 128 valence electrons. The van der Waals surface area contributed by atoms with Crippen LogP contribution in [0.5, 0.6) is 0 Å². The SMILES string of the molecule is Cl.N#Cc1ccc(S(=O)(=O)NCC2(N)CCCCCC2)cc1Cl. The first-order valence-electron chi connectivity index (χ1n) is 7.35. The van der Waals surface area contributed by atoms with E-state index in [9.17, 15) is 8.42 Å². The van der Waals surface area contributed by atoms with Crippen LogP contribution in [0.2, 0.25) is 5.02 Å². The molecular formula is C15H21Cl2N3O2S. The van der Waals surface area contributed by atoms with E-state index < -0.39 is 15.6 Å². The number of benzene rings is 1. The van der Waals surface area contributed by atoms with Gasteiger partial charge in [-0.1, -0.05) is 37.3 Å². The first-order valence-corrected chi connectivity index (χ1v) is 9.21. The van der Waals surface area contributed by atoms with Crippen molar-refractivity contribution in [2.24, 2.45) is 5.73 Å². The van der Waals surface area contributed by atoms with Crippen molar-refractivity contribution in [1.82, 2.24) is 4.72 Å². The molecule has 0 aromatic heterocycles. The van der Waals surface area contributed by atoms with E-state index in [-0.39, 0.29) is 34.4 Å². The molecule has 1 aromatic carbocycles. The van der Waals surface area contributed by atoms with E-state index in [1.54, 1.807) is 0 Å². The van der Waals surface area contributed by atoms with Gasteiger partial charge in [0.25, 0.3) is 0 Å². The van der Waals surface area contributed by atoms with Gasteiger partial charge in [0.2, 0.25) is 10.0 Å². The van der Waals surface area contributed by atoms with Crippen molar-refractivity contribution < 1.29 is 8.42 Å². The molecule has 5 nitrogen and oxygen atoms in total. The van der Waals surface area contributed by atoms with Gasteiger partial charge in [0.1, 0.15) is 6.07 Å². The molecule has 1 fully saturated rings. The smallest absolute Gasteiger partial charge is 0.240 e. The molecule has 0 amide bonds. The van der Waals surface area contributed by atoms with E-state index in [1.165, 1.54) is 18.2 Å². The minimum atomic E-state index is -3.68. The predicted molar refractivity (Wildman–Crippen MR) is 93.2 cm³/mol. The third kappa shape index (κ3) is 5.33. The van der Waals surface area contributed by atoms with Gasteiger partial charge in [0, 0.05) is 12.1 Å². The number of halogens is 2. The molecule has 0 aliphatic heterocycles. The van der Waals surface area contributed by atoms with Crippen LogP contribution in [-0.2, 0) is 10.0 Å². The Bertz CT molecular complexity index is 678. The highest BCUT2D eigenvalue weighted by Gasteiger charge is 2.28. The number of sulfonamides is 1. The molecule has 0 saturated heterocycles. The second-order valence-electron chi connectivity index (χ2n) is 5.85. The second kappa shape index (κ2) is 8.32. The van der Waals surface area contributed by atoms with Crippen molar-refractivity contribution in [1.29, 1.82) is 5.26 Å². The highest BCUT2D eigenvalue weighted by molar-refractivity contribution is 7.89. The van der Waals surface area contributed by atoms with E-state index in [0.29, 0.717) is 0 Å². The zero-order valence-electron chi connectivity index (χ0n) is 12.7. The van der Waals surface area contributed by atoms with Gasteiger partial charge in [0.05, 0.1) is 15.5 Å². The molecule has 8 heteroatoms. The van der Waals surface area contributed by atoms with Gasteiger partial charge in [-0.2, -0.15) is 5.26 Å². The summed E-state index contributed by atoms with van der Waals surface area (Å²) in [6.07, 6.45) is 6.00. The summed E-state index contributed by atoms with van der Waals surface area (Å²) >= 11 is 5.89. The largest absolute Gasteiger partial charge is 0.324 e. The quantitative estimate of drug-likeness (QED) is 0.788. The van der Waals surface area contributed by atoms with Gasteiger partial charge in [0.15, 0.2) is 0 Å². The molecule has 1 aliphatic rings. The van der Waals surface area contributed by atoms with Crippen molar-refractivity contribution in [3.8, 4) is 6.07 Å². The number of hydrogen-bond acceptors (Lipinski definition) is 4. The van der Waals surface area contributed by atoms with Gasteiger partial charge < -0.3 is 5.73 Å². The lowest BCUT2D eigenvalue weighted by Crippen LogP contribution is -2.49. The van der Waals surface area contributed by atoms with Crippen molar-refractivity contribution >= 4 is 34.0 Å². The van der Waals surface area contributed by atoms with Crippen molar-refractivity contribution in [2.75, 3.05) is 6.54 Å². The molecule has 0 atom stereocenters. The fourth-order valence-electron chi connectivity index (χ4n) is 2.69. The van der Waals surface area contributed by atoms with E-state index in [0.717, 1.165) is 38.5 Å². The number of nitrogens with zero attached hydrogens (tertiary/aromatic N) is 1. The molecular weight excluding hydrogens is 357 g/mol. The predicted octanol–water partition coefficient (Wildman–Crippen LogP) is 2.96. The maximum Gasteiger partial charge on any atom is 0.240 e. The van der Waals surface area contributed by atoms with Crippen LogP contribution in [0.15, 0.2) is 23.1 Å². The summed E-state index contributed by atoms with van der Waals surface area (Å²) in [5, 5.41) is 8.96. The van der Waals surface area contributed by atoms with Crippen LogP contribution < -0.4 is 10.5 Å². The average molecular weight is 378 g/mol. The molecule has 0 bridgehead atoms. The van der Waals surface area contributed by atoms with Gasteiger partial charge in [-0.05, 0) is 31.0 Å². The zero-order valence-corrected chi connectivity index (χ0v) is 15.1. The first kappa shape index (κ1) is 20.2. The third-order valence-electron chi connectivity index (χ3n) is 4.08. The molecule has 0 unspecified atom stereocenters. The normalized spacial score (nSPS) is 17.6. The summed E-state index contributed by atoms with van der Waals surface area (Å²) in [6, 6.07) is 5.98. The van der Waals surface area contributed by atoms with Crippen LogP contribution >= 0.6 is 24.0 Å². The summed E-state index contributed by atoms with van der Waals surface area (Å²) in [6.45, 7) is 0.215. The number of nitrogens with two attached hydrogens (primary N) is 1. The van der Waals surface area contributed by atoms with E-state index >= 15 is 0 Å². The van der Waals surface area contributed by atoms with Crippen LogP contribution in [-0.4, -0.2) is 20.5 Å². The zero-order chi connectivity index (χ0) is 16.2.